The number of anilines is 2. The van der Waals surface area contributed by atoms with Gasteiger partial charge in [-0.05, 0) is 62.1 Å². The molecule has 6 nitrogen and oxygen atoms in total. The summed E-state index contributed by atoms with van der Waals surface area (Å²) in [4.78, 5) is 0.0193. The zero-order valence-corrected chi connectivity index (χ0v) is 17.5. The van der Waals surface area contributed by atoms with Crippen molar-refractivity contribution < 1.29 is 16.8 Å². The number of benzene rings is 2. The summed E-state index contributed by atoms with van der Waals surface area (Å²) < 4.78 is 54.1. The predicted molar refractivity (Wildman–Crippen MR) is 106 cm³/mol. The van der Waals surface area contributed by atoms with Crippen LogP contribution in [0.3, 0.4) is 0 Å². The van der Waals surface area contributed by atoms with Gasteiger partial charge in [0.1, 0.15) is 0 Å². The molecule has 0 saturated carbocycles. The van der Waals surface area contributed by atoms with Gasteiger partial charge in [-0.25, -0.2) is 16.8 Å². The van der Waals surface area contributed by atoms with Crippen molar-refractivity contribution in [3.8, 4) is 0 Å². The molecule has 2 aromatic rings. The third-order valence-corrected chi connectivity index (χ3v) is 6.37. The fourth-order valence-corrected chi connectivity index (χ4v) is 5.40. The van der Waals surface area contributed by atoms with Crippen LogP contribution in [0.4, 0.5) is 11.4 Å². The van der Waals surface area contributed by atoms with E-state index in [1.165, 1.54) is 0 Å². The number of sulfonamides is 2. The molecule has 9 heteroatoms. The maximum Gasteiger partial charge on any atom is 0.262 e. The van der Waals surface area contributed by atoms with Crippen LogP contribution in [0.5, 0.6) is 0 Å². The van der Waals surface area contributed by atoms with Crippen LogP contribution in [0.1, 0.15) is 22.3 Å². The van der Waals surface area contributed by atoms with E-state index in [0.29, 0.717) is 16.7 Å². The Hall–Kier alpha value is -1.77. The molecule has 26 heavy (non-hydrogen) atoms. The molecule has 0 aromatic heterocycles. The Bertz CT molecular complexity index is 1080. The lowest BCUT2D eigenvalue weighted by atomic mass is 10.1. The molecular formula is C17H21ClN2O4S2. The smallest absolute Gasteiger partial charge is 0.262 e. The number of hydrogen-bond donors (Lipinski definition) is 2. The molecule has 0 aliphatic heterocycles. The topological polar surface area (TPSA) is 92.3 Å². The van der Waals surface area contributed by atoms with Crippen molar-refractivity contribution >= 4 is 43.0 Å². The first-order valence-electron chi connectivity index (χ1n) is 7.69. The van der Waals surface area contributed by atoms with Crippen molar-refractivity contribution in [1.29, 1.82) is 0 Å². The van der Waals surface area contributed by atoms with Gasteiger partial charge < -0.3 is 0 Å². The van der Waals surface area contributed by atoms with Crippen LogP contribution in [0, 0.1) is 27.7 Å². The fourth-order valence-electron chi connectivity index (χ4n) is 2.82. The maximum atomic E-state index is 13.0. The molecule has 0 spiro atoms. The Morgan fingerprint density at radius 2 is 1.50 bits per heavy atom. The monoisotopic (exact) mass is 416 g/mol. The maximum absolute atomic E-state index is 13.0. The summed E-state index contributed by atoms with van der Waals surface area (Å²) >= 11 is 6.13. The lowest BCUT2D eigenvalue weighted by Crippen LogP contribution is -2.19. The van der Waals surface area contributed by atoms with E-state index in [0.717, 1.165) is 11.8 Å². The van der Waals surface area contributed by atoms with E-state index >= 15 is 0 Å². The largest absolute Gasteiger partial charge is 0.283 e. The van der Waals surface area contributed by atoms with E-state index in [4.69, 9.17) is 11.6 Å². The lowest BCUT2D eigenvalue weighted by molar-refractivity contribution is 0.599. The Morgan fingerprint density at radius 1 is 0.885 bits per heavy atom. The minimum Gasteiger partial charge on any atom is -0.283 e. The Labute approximate surface area is 159 Å². The van der Waals surface area contributed by atoms with Crippen LogP contribution in [0.15, 0.2) is 29.2 Å². The molecule has 0 amide bonds. The minimum atomic E-state index is -3.97. The van der Waals surface area contributed by atoms with Crippen LogP contribution < -0.4 is 9.44 Å². The number of halogens is 1. The molecule has 2 aromatic carbocycles. The van der Waals surface area contributed by atoms with Gasteiger partial charge >= 0.3 is 0 Å². The standard InChI is InChI=1S/C17H21ClN2O4S2/c1-10-6-7-15(14(18)8-10)19-26(23,24)17-12(3)9-11(2)16(13(17)4)20-25(5,21)22/h6-9,19-20H,1-5H3. The average Bonchev–Trinajstić information content (AvgIpc) is 2.45. The van der Waals surface area contributed by atoms with Crippen LogP contribution >= 0.6 is 11.6 Å². The first-order valence-corrected chi connectivity index (χ1v) is 11.4. The second-order valence-corrected chi connectivity index (χ2v) is 10.1. The van der Waals surface area contributed by atoms with Gasteiger partial charge in [-0.15, -0.1) is 0 Å². The number of nitrogens with one attached hydrogen (secondary N) is 2. The van der Waals surface area contributed by atoms with Gasteiger partial charge in [0.15, 0.2) is 0 Å². The second kappa shape index (κ2) is 7.09. The van der Waals surface area contributed by atoms with Crippen molar-refractivity contribution in [2.24, 2.45) is 0 Å². The molecule has 0 unspecified atom stereocenters. The van der Waals surface area contributed by atoms with E-state index in [1.54, 1.807) is 45.0 Å². The molecule has 0 atom stereocenters. The van der Waals surface area contributed by atoms with Crippen molar-refractivity contribution in [2.45, 2.75) is 32.6 Å². The zero-order chi connectivity index (χ0) is 19.9. The molecule has 2 N–H and O–H groups in total. The van der Waals surface area contributed by atoms with Gasteiger partial charge in [0, 0.05) is 0 Å². The molecule has 0 saturated heterocycles. The summed E-state index contributed by atoms with van der Waals surface area (Å²) in [5, 5.41) is 0.283. The minimum absolute atomic E-state index is 0.0193. The quantitative estimate of drug-likeness (QED) is 0.776. The lowest BCUT2D eigenvalue weighted by Gasteiger charge is -2.19. The van der Waals surface area contributed by atoms with Gasteiger partial charge in [0.05, 0.1) is 27.5 Å². The Balaban J connectivity index is 2.60. The zero-order valence-electron chi connectivity index (χ0n) is 15.1. The third kappa shape index (κ3) is 4.49. The SMILES string of the molecule is Cc1ccc(NS(=O)(=O)c2c(C)cc(C)c(NS(C)(=O)=O)c2C)c(Cl)c1. The predicted octanol–water partition coefficient (Wildman–Crippen LogP) is 3.75. The van der Waals surface area contributed by atoms with E-state index in [9.17, 15) is 16.8 Å². The van der Waals surface area contributed by atoms with Crippen LogP contribution in [-0.4, -0.2) is 23.1 Å². The highest BCUT2D eigenvalue weighted by molar-refractivity contribution is 7.93. The molecule has 142 valence electrons. The van der Waals surface area contributed by atoms with Crippen LogP contribution in [-0.2, 0) is 20.0 Å². The summed E-state index contributed by atoms with van der Waals surface area (Å²) in [5.74, 6) is 0. The number of aryl methyl sites for hydroxylation is 3. The number of hydrogen-bond acceptors (Lipinski definition) is 4. The van der Waals surface area contributed by atoms with Gasteiger partial charge in [-0.1, -0.05) is 23.7 Å². The summed E-state index contributed by atoms with van der Waals surface area (Å²) in [6.07, 6.45) is 1.02. The van der Waals surface area contributed by atoms with Gasteiger partial charge in [-0.3, -0.25) is 9.44 Å². The molecule has 0 bridgehead atoms. The van der Waals surface area contributed by atoms with Crippen molar-refractivity contribution in [3.05, 3.63) is 51.5 Å². The van der Waals surface area contributed by atoms with Crippen LogP contribution in [0.25, 0.3) is 0 Å². The highest BCUT2D eigenvalue weighted by atomic mass is 35.5. The molecule has 0 aliphatic carbocycles. The molecular weight excluding hydrogens is 396 g/mol. The number of rotatable bonds is 5. The van der Waals surface area contributed by atoms with Crippen molar-refractivity contribution in [1.82, 2.24) is 0 Å². The van der Waals surface area contributed by atoms with Crippen molar-refractivity contribution in [2.75, 3.05) is 15.7 Å². The summed E-state index contributed by atoms with van der Waals surface area (Å²) in [7, 11) is -7.53. The summed E-state index contributed by atoms with van der Waals surface area (Å²) in [5.41, 5.74) is 2.89. The highest BCUT2D eigenvalue weighted by Crippen LogP contribution is 2.33. The normalized spacial score (nSPS) is 12.1. The highest BCUT2D eigenvalue weighted by Gasteiger charge is 2.24. The molecule has 0 radical (unpaired) electrons. The van der Waals surface area contributed by atoms with E-state index < -0.39 is 20.0 Å². The first-order chi connectivity index (χ1) is 11.8. The van der Waals surface area contributed by atoms with Gasteiger partial charge in [0.25, 0.3) is 10.0 Å². The average molecular weight is 417 g/mol. The molecule has 0 heterocycles. The summed E-state index contributed by atoms with van der Waals surface area (Å²) in [6, 6.07) is 6.62. The Kier molecular flexibility index (Phi) is 5.60. The van der Waals surface area contributed by atoms with E-state index in [2.05, 4.69) is 9.44 Å². The molecule has 0 aliphatic rings. The molecule has 0 fully saturated rings. The van der Waals surface area contributed by atoms with Gasteiger partial charge in [-0.2, -0.15) is 0 Å². The first kappa shape index (κ1) is 20.5. The van der Waals surface area contributed by atoms with E-state index in [1.807, 2.05) is 6.92 Å². The second-order valence-electron chi connectivity index (χ2n) is 6.30. The molecule has 2 rings (SSSR count). The summed E-state index contributed by atoms with van der Waals surface area (Å²) in [6.45, 7) is 6.80. The fraction of sp³-hybridized carbons (Fsp3) is 0.294. The Morgan fingerprint density at radius 3 is 2.04 bits per heavy atom. The van der Waals surface area contributed by atoms with Gasteiger partial charge in [0.2, 0.25) is 10.0 Å². The van der Waals surface area contributed by atoms with E-state index in [-0.39, 0.29) is 21.3 Å². The van der Waals surface area contributed by atoms with Crippen LogP contribution in [0.2, 0.25) is 5.02 Å². The van der Waals surface area contributed by atoms with Crippen molar-refractivity contribution in [3.63, 3.8) is 0 Å². The third-order valence-electron chi connectivity index (χ3n) is 3.83.